The Morgan fingerprint density at radius 2 is 1.25 bits per heavy atom. The molecule has 0 rings (SSSR count). The molecule has 0 fully saturated rings. The second kappa shape index (κ2) is 4.43. The van der Waals surface area contributed by atoms with Crippen LogP contribution >= 0.6 is 18.0 Å². The van der Waals surface area contributed by atoms with Crippen molar-refractivity contribution in [1.82, 2.24) is 0 Å². The molecular formula is C6H15IZr. The van der Waals surface area contributed by atoms with Gasteiger partial charge in [-0.2, -0.15) is 0 Å². The molecule has 0 aliphatic carbocycles. The van der Waals surface area contributed by atoms with E-state index in [1.807, 2.05) is 0 Å². The van der Waals surface area contributed by atoms with E-state index < -0.39 is 16.1 Å². The minimum atomic E-state index is -1.36. The third-order valence-corrected chi connectivity index (χ3v) is 24.8. The first-order valence-corrected chi connectivity index (χ1v) is 15.9. The summed E-state index contributed by atoms with van der Waals surface area (Å²) in [6.45, 7) is 7.07. The molecule has 2 heteroatoms. The molecule has 50 valence electrons. The summed E-state index contributed by atoms with van der Waals surface area (Å²) in [5, 5.41) is 0. The molecule has 0 spiro atoms. The molecule has 8 heavy (non-hydrogen) atoms. The maximum absolute atomic E-state index is 2.78. The normalized spacial score (nSPS) is 12.0. The van der Waals surface area contributed by atoms with E-state index >= 15 is 0 Å². The van der Waals surface area contributed by atoms with Gasteiger partial charge in [-0.15, -0.1) is 0 Å². The zero-order valence-electron chi connectivity index (χ0n) is 6.00. The average Bonchev–Trinajstić information content (AvgIpc) is 1.87. The molecule has 0 nitrogen and oxygen atoms in total. The Hall–Kier alpha value is 1.61. The van der Waals surface area contributed by atoms with Crippen LogP contribution in [0.4, 0.5) is 0 Å². The maximum atomic E-state index is 2.78. The summed E-state index contributed by atoms with van der Waals surface area (Å²) < 4.78 is 4.55. The number of hydrogen-bond donors (Lipinski definition) is 0. The van der Waals surface area contributed by atoms with E-state index in [4.69, 9.17) is 0 Å². The number of hydrogen-bond acceptors (Lipinski definition) is 0. The first kappa shape index (κ1) is 9.61. The average molecular weight is 305 g/mol. The summed E-state index contributed by atoms with van der Waals surface area (Å²) in [6.07, 6.45) is 0. The Morgan fingerprint density at radius 1 is 1.00 bits per heavy atom. The second-order valence-electron chi connectivity index (χ2n) is 2.21. The predicted octanol–water partition coefficient (Wildman–Crippen LogP) is 3.80. The fraction of sp³-hybridized carbons (Fsp3) is 1.00. The third kappa shape index (κ3) is 2.96. The van der Waals surface area contributed by atoms with Crippen LogP contribution in [0.3, 0.4) is 0 Å². The molecule has 0 aliphatic rings. The molecule has 0 heterocycles. The van der Waals surface area contributed by atoms with E-state index in [2.05, 4.69) is 38.8 Å². The molecular weight excluding hydrogens is 290 g/mol. The van der Waals surface area contributed by atoms with Gasteiger partial charge < -0.3 is 0 Å². The monoisotopic (exact) mass is 304 g/mol. The molecule has 0 radical (unpaired) electrons. The van der Waals surface area contributed by atoms with Gasteiger partial charge in [-0.25, -0.2) is 0 Å². The first-order valence-electron chi connectivity index (χ1n) is 3.37. The van der Waals surface area contributed by atoms with Crippen LogP contribution in [-0.2, 0) is 16.1 Å². The molecule has 0 aromatic heterocycles. The first-order chi connectivity index (χ1) is 3.68. The standard InChI is InChI=1S/3C2H5.HI.Zr/c3*1-2;;/h3*1H2,2H3;1H;/q;;;;+1/p-1. The van der Waals surface area contributed by atoms with Crippen LogP contribution in [0.5, 0.6) is 0 Å². The fourth-order valence-electron chi connectivity index (χ4n) is 0.750. The molecule has 0 aliphatic heterocycles. The van der Waals surface area contributed by atoms with Gasteiger partial charge in [0.25, 0.3) is 0 Å². The Bertz CT molecular complexity index is 51.3. The zero-order chi connectivity index (χ0) is 6.62. The SMILES string of the molecule is C[CH2][Zr]([I])([CH2]C)[CH2]C. The van der Waals surface area contributed by atoms with Gasteiger partial charge in [-0.1, -0.05) is 0 Å². The summed E-state index contributed by atoms with van der Waals surface area (Å²) in [5.74, 6) is 0. The second-order valence-corrected chi connectivity index (χ2v) is 26.6. The molecule has 0 N–H and O–H groups in total. The Balaban J connectivity index is 3.58. The molecule has 0 bridgehead atoms. The molecule has 0 atom stereocenters. The van der Waals surface area contributed by atoms with Gasteiger partial charge in [-0.05, 0) is 0 Å². The van der Waals surface area contributed by atoms with Gasteiger partial charge in [-0.3, -0.25) is 0 Å². The van der Waals surface area contributed by atoms with Gasteiger partial charge >= 0.3 is 67.3 Å². The van der Waals surface area contributed by atoms with Crippen molar-refractivity contribution in [1.29, 1.82) is 0 Å². The van der Waals surface area contributed by atoms with Gasteiger partial charge in [0.15, 0.2) is 0 Å². The van der Waals surface area contributed by atoms with Crippen LogP contribution in [0.15, 0.2) is 0 Å². The van der Waals surface area contributed by atoms with Crippen molar-refractivity contribution in [3.8, 4) is 0 Å². The Labute approximate surface area is 66.5 Å². The van der Waals surface area contributed by atoms with E-state index in [0.29, 0.717) is 0 Å². The van der Waals surface area contributed by atoms with Crippen molar-refractivity contribution >= 4 is 18.0 Å². The molecule has 0 aromatic carbocycles. The summed E-state index contributed by atoms with van der Waals surface area (Å²) in [6, 6.07) is 0. The fourth-order valence-corrected chi connectivity index (χ4v) is 4.44. The molecule has 0 saturated heterocycles. The van der Waals surface area contributed by atoms with Gasteiger partial charge in [0.05, 0.1) is 0 Å². The van der Waals surface area contributed by atoms with E-state index in [-0.39, 0.29) is 0 Å². The minimum absolute atomic E-state index is 1.36. The van der Waals surface area contributed by atoms with Crippen LogP contribution in [0.2, 0.25) is 12.4 Å². The van der Waals surface area contributed by atoms with Crippen molar-refractivity contribution in [3.05, 3.63) is 0 Å². The predicted molar refractivity (Wildman–Crippen MR) is 45.5 cm³/mol. The van der Waals surface area contributed by atoms with Crippen LogP contribution in [0.1, 0.15) is 20.8 Å². The number of halogens is 1. The van der Waals surface area contributed by atoms with Gasteiger partial charge in [0.1, 0.15) is 0 Å². The van der Waals surface area contributed by atoms with Crippen molar-refractivity contribution in [2.24, 2.45) is 0 Å². The summed E-state index contributed by atoms with van der Waals surface area (Å²) in [7, 11) is 0. The van der Waals surface area contributed by atoms with Crippen molar-refractivity contribution in [2.45, 2.75) is 33.2 Å². The molecule has 0 amide bonds. The van der Waals surface area contributed by atoms with Crippen LogP contribution in [0, 0.1) is 0 Å². The molecule has 0 unspecified atom stereocenters. The Morgan fingerprint density at radius 3 is 1.25 bits per heavy atom. The summed E-state index contributed by atoms with van der Waals surface area (Å²) >= 11 is 1.41. The summed E-state index contributed by atoms with van der Waals surface area (Å²) in [5.41, 5.74) is 0. The van der Waals surface area contributed by atoms with Crippen LogP contribution in [-0.4, -0.2) is 0 Å². The molecule has 0 aromatic rings. The van der Waals surface area contributed by atoms with Crippen LogP contribution in [0.25, 0.3) is 0 Å². The number of rotatable bonds is 3. The van der Waals surface area contributed by atoms with E-state index in [1.165, 1.54) is 12.4 Å². The topological polar surface area (TPSA) is 0 Å². The van der Waals surface area contributed by atoms with Crippen LogP contribution < -0.4 is 0 Å². The Kier molecular flexibility index (Phi) is 5.33. The summed E-state index contributed by atoms with van der Waals surface area (Å²) in [4.78, 5) is 0. The van der Waals surface area contributed by atoms with E-state index in [9.17, 15) is 0 Å². The van der Waals surface area contributed by atoms with E-state index in [1.54, 1.807) is 0 Å². The van der Waals surface area contributed by atoms with Gasteiger partial charge in [0, 0.05) is 0 Å². The van der Waals surface area contributed by atoms with Crippen molar-refractivity contribution in [3.63, 3.8) is 0 Å². The molecule has 0 saturated carbocycles. The third-order valence-electron chi connectivity index (χ3n) is 1.90. The van der Waals surface area contributed by atoms with E-state index in [0.717, 1.165) is 0 Å². The quantitative estimate of drug-likeness (QED) is 0.696. The van der Waals surface area contributed by atoms with Crippen molar-refractivity contribution in [2.75, 3.05) is 0 Å². The van der Waals surface area contributed by atoms with Crippen molar-refractivity contribution < 1.29 is 16.1 Å². The zero-order valence-corrected chi connectivity index (χ0v) is 10.6. The van der Waals surface area contributed by atoms with Gasteiger partial charge in [0.2, 0.25) is 0 Å².